The Bertz CT molecular complexity index is 1060. The number of hydrogen-bond acceptors (Lipinski definition) is 6. The minimum absolute atomic E-state index is 0.230. The highest BCUT2D eigenvalue weighted by Crippen LogP contribution is 2.28. The Morgan fingerprint density at radius 2 is 1.92 bits per heavy atom. The van der Waals surface area contributed by atoms with Gasteiger partial charge in [-0.15, -0.1) is 11.3 Å². The van der Waals surface area contributed by atoms with E-state index in [2.05, 4.69) is 20.3 Å². The molecular formula is C19H14N4O2S. The zero-order chi connectivity index (χ0) is 17.9. The number of nitrogens with zero attached hydrogens (tertiary/aromatic N) is 3. The number of amides is 1. The second-order valence-electron chi connectivity index (χ2n) is 5.55. The molecule has 1 amide bonds. The zero-order valence-corrected chi connectivity index (χ0v) is 14.7. The third-order valence-electron chi connectivity index (χ3n) is 3.82. The minimum Gasteiger partial charge on any atom is -0.443 e. The molecular weight excluding hydrogens is 348 g/mol. The van der Waals surface area contributed by atoms with Crippen molar-refractivity contribution in [3.05, 3.63) is 71.7 Å². The van der Waals surface area contributed by atoms with Gasteiger partial charge in [0.2, 0.25) is 0 Å². The number of oxazole rings is 1. The number of rotatable bonds is 4. The largest absolute Gasteiger partial charge is 0.443 e. The molecule has 128 valence electrons. The van der Waals surface area contributed by atoms with Gasteiger partial charge in [0.05, 0.1) is 5.69 Å². The van der Waals surface area contributed by atoms with Gasteiger partial charge in [-0.05, 0) is 24.6 Å². The number of aromatic nitrogens is 3. The molecule has 4 aromatic rings. The van der Waals surface area contributed by atoms with Crippen molar-refractivity contribution in [2.75, 3.05) is 5.32 Å². The lowest BCUT2D eigenvalue weighted by atomic mass is 10.1. The molecule has 0 fully saturated rings. The van der Waals surface area contributed by atoms with E-state index in [0.29, 0.717) is 16.6 Å². The van der Waals surface area contributed by atoms with Crippen LogP contribution in [0.5, 0.6) is 0 Å². The molecule has 3 heterocycles. The molecule has 0 bridgehead atoms. The van der Waals surface area contributed by atoms with Crippen molar-refractivity contribution >= 4 is 22.4 Å². The van der Waals surface area contributed by atoms with E-state index in [0.717, 1.165) is 16.8 Å². The van der Waals surface area contributed by atoms with E-state index in [1.54, 1.807) is 6.20 Å². The normalized spacial score (nSPS) is 10.7. The Morgan fingerprint density at radius 3 is 2.73 bits per heavy atom. The van der Waals surface area contributed by atoms with Gasteiger partial charge < -0.3 is 4.42 Å². The van der Waals surface area contributed by atoms with Crippen LogP contribution < -0.4 is 5.32 Å². The van der Waals surface area contributed by atoms with Crippen LogP contribution in [-0.4, -0.2) is 20.9 Å². The highest BCUT2D eigenvalue weighted by Gasteiger charge is 2.20. The SMILES string of the molecule is Cc1ccccc1-c1ocnc1C(=O)Nc1nc(-c2ccccn2)cs1. The van der Waals surface area contributed by atoms with Gasteiger partial charge in [-0.2, -0.15) is 0 Å². The summed E-state index contributed by atoms with van der Waals surface area (Å²) in [5, 5.41) is 5.11. The summed E-state index contributed by atoms with van der Waals surface area (Å²) in [6.07, 6.45) is 2.98. The van der Waals surface area contributed by atoms with Crippen LogP contribution in [0.15, 0.2) is 64.9 Å². The maximum atomic E-state index is 12.6. The molecule has 1 aromatic carbocycles. The van der Waals surface area contributed by atoms with Crippen molar-refractivity contribution in [1.82, 2.24) is 15.0 Å². The van der Waals surface area contributed by atoms with Gasteiger partial charge in [-0.1, -0.05) is 30.3 Å². The second-order valence-corrected chi connectivity index (χ2v) is 6.41. The number of carbonyl (C=O) groups excluding carboxylic acids is 1. The van der Waals surface area contributed by atoms with E-state index >= 15 is 0 Å². The Labute approximate surface area is 153 Å². The molecule has 7 heteroatoms. The first-order valence-corrected chi connectivity index (χ1v) is 8.78. The van der Waals surface area contributed by atoms with Crippen molar-refractivity contribution < 1.29 is 9.21 Å². The smallest absolute Gasteiger partial charge is 0.280 e. The Hall–Kier alpha value is -3.32. The summed E-state index contributed by atoms with van der Waals surface area (Å²) in [6.45, 7) is 1.96. The number of nitrogens with one attached hydrogen (secondary N) is 1. The lowest BCUT2D eigenvalue weighted by molar-refractivity contribution is 0.102. The Morgan fingerprint density at radius 1 is 1.08 bits per heavy atom. The molecule has 0 spiro atoms. The number of thiazole rings is 1. The van der Waals surface area contributed by atoms with E-state index in [4.69, 9.17) is 4.42 Å². The Kier molecular flexibility index (Phi) is 4.28. The fraction of sp³-hybridized carbons (Fsp3) is 0.0526. The van der Waals surface area contributed by atoms with Crippen LogP contribution in [0.25, 0.3) is 22.7 Å². The van der Waals surface area contributed by atoms with Crippen molar-refractivity contribution in [2.45, 2.75) is 6.92 Å². The fourth-order valence-electron chi connectivity index (χ4n) is 2.55. The molecule has 0 saturated carbocycles. The summed E-state index contributed by atoms with van der Waals surface area (Å²) in [5.41, 5.74) is 3.54. The van der Waals surface area contributed by atoms with Crippen molar-refractivity contribution in [2.24, 2.45) is 0 Å². The van der Waals surface area contributed by atoms with Crippen LogP contribution >= 0.6 is 11.3 Å². The monoisotopic (exact) mass is 362 g/mol. The first kappa shape index (κ1) is 16.2. The van der Waals surface area contributed by atoms with Gasteiger partial charge in [-0.3, -0.25) is 15.1 Å². The van der Waals surface area contributed by atoms with Gasteiger partial charge in [0.1, 0.15) is 5.69 Å². The molecule has 0 aliphatic rings. The molecule has 0 unspecified atom stereocenters. The van der Waals surface area contributed by atoms with E-state index in [1.807, 2.05) is 54.8 Å². The summed E-state index contributed by atoms with van der Waals surface area (Å²) in [7, 11) is 0. The van der Waals surface area contributed by atoms with Crippen molar-refractivity contribution in [3.63, 3.8) is 0 Å². The van der Waals surface area contributed by atoms with E-state index in [9.17, 15) is 4.79 Å². The van der Waals surface area contributed by atoms with Crippen LogP contribution in [-0.2, 0) is 0 Å². The summed E-state index contributed by atoms with van der Waals surface area (Å²) in [6, 6.07) is 13.3. The maximum Gasteiger partial charge on any atom is 0.280 e. The second kappa shape index (κ2) is 6.89. The third-order valence-corrected chi connectivity index (χ3v) is 4.58. The highest BCUT2D eigenvalue weighted by atomic mass is 32.1. The molecule has 0 aliphatic carbocycles. The molecule has 1 N–H and O–H groups in total. The highest BCUT2D eigenvalue weighted by molar-refractivity contribution is 7.14. The average Bonchev–Trinajstić information content (AvgIpc) is 3.32. The van der Waals surface area contributed by atoms with E-state index in [-0.39, 0.29) is 11.6 Å². The van der Waals surface area contributed by atoms with Crippen molar-refractivity contribution in [1.29, 1.82) is 0 Å². The molecule has 3 aromatic heterocycles. The number of aryl methyl sites for hydroxylation is 1. The number of anilines is 1. The molecule has 6 nitrogen and oxygen atoms in total. The lowest BCUT2D eigenvalue weighted by Gasteiger charge is -2.04. The first-order valence-electron chi connectivity index (χ1n) is 7.90. The Balaban J connectivity index is 1.58. The van der Waals surface area contributed by atoms with Gasteiger partial charge in [0, 0.05) is 17.1 Å². The lowest BCUT2D eigenvalue weighted by Crippen LogP contribution is -2.13. The molecule has 0 atom stereocenters. The number of hydrogen-bond donors (Lipinski definition) is 1. The van der Waals surface area contributed by atoms with E-state index < -0.39 is 0 Å². The first-order chi connectivity index (χ1) is 12.7. The quantitative estimate of drug-likeness (QED) is 0.581. The van der Waals surface area contributed by atoms with Gasteiger partial charge in [0.25, 0.3) is 5.91 Å². The summed E-state index contributed by atoms with van der Waals surface area (Å²) in [4.78, 5) is 25.4. The summed E-state index contributed by atoms with van der Waals surface area (Å²) < 4.78 is 5.47. The fourth-order valence-corrected chi connectivity index (χ4v) is 3.25. The zero-order valence-electron chi connectivity index (χ0n) is 13.8. The van der Waals surface area contributed by atoms with E-state index in [1.165, 1.54) is 17.7 Å². The van der Waals surface area contributed by atoms with Crippen LogP contribution in [0.4, 0.5) is 5.13 Å². The van der Waals surface area contributed by atoms with Gasteiger partial charge in [-0.25, -0.2) is 9.97 Å². The van der Waals surface area contributed by atoms with Crippen LogP contribution in [0, 0.1) is 6.92 Å². The predicted molar refractivity (Wildman–Crippen MR) is 100.0 cm³/mol. The number of benzene rings is 1. The van der Waals surface area contributed by atoms with Gasteiger partial charge >= 0.3 is 0 Å². The third kappa shape index (κ3) is 3.12. The molecule has 0 radical (unpaired) electrons. The number of pyridine rings is 1. The van der Waals surface area contributed by atoms with Crippen LogP contribution in [0.3, 0.4) is 0 Å². The van der Waals surface area contributed by atoms with Crippen LogP contribution in [0.1, 0.15) is 16.1 Å². The topological polar surface area (TPSA) is 80.9 Å². The summed E-state index contributed by atoms with van der Waals surface area (Å²) >= 11 is 1.33. The van der Waals surface area contributed by atoms with Gasteiger partial charge in [0.15, 0.2) is 23.0 Å². The maximum absolute atomic E-state index is 12.6. The summed E-state index contributed by atoms with van der Waals surface area (Å²) in [5.74, 6) is 0.0843. The minimum atomic E-state index is -0.362. The molecule has 4 rings (SSSR count). The molecule has 0 saturated heterocycles. The van der Waals surface area contributed by atoms with Crippen LogP contribution in [0.2, 0.25) is 0 Å². The predicted octanol–water partition coefficient (Wildman–Crippen LogP) is 4.42. The standard InChI is InChI=1S/C19H14N4O2S/c1-12-6-2-3-7-13(12)17-16(21-11-25-17)18(24)23-19-22-15(10-26-19)14-8-4-5-9-20-14/h2-11H,1H3,(H,22,23,24). The average molecular weight is 362 g/mol. The molecule has 0 aliphatic heterocycles. The number of carbonyl (C=O) groups is 1. The van der Waals surface area contributed by atoms with Crippen molar-refractivity contribution in [3.8, 4) is 22.7 Å². The molecule has 26 heavy (non-hydrogen) atoms.